The van der Waals surface area contributed by atoms with Gasteiger partial charge < -0.3 is 0 Å². The summed E-state index contributed by atoms with van der Waals surface area (Å²) in [6, 6.07) is 1.58. The zero-order valence-electron chi connectivity index (χ0n) is 4.46. The number of rotatable bonds is 0. The fraction of sp³-hybridized carbons (Fsp3) is 0.667. The Balaban J connectivity index is 2.22. The van der Waals surface area contributed by atoms with Crippen LogP contribution in [0.15, 0.2) is 12.2 Å². The van der Waals surface area contributed by atoms with E-state index in [2.05, 4.69) is 24.0 Å². The zero-order valence-corrected chi connectivity index (χ0v) is 4.46. The van der Waals surface area contributed by atoms with Crippen molar-refractivity contribution in [2.45, 2.75) is 19.0 Å². The summed E-state index contributed by atoms with van der Waals surface area (Å²) < 4.78 is 0. The van der Waals surface area contributed by atoms with Gasteiger partial charge in [-0.25, -0.2) is 0 Å². The molecule has 0 spiro atoms. The molecule has 2 heterocycles. The lowest BCUT2D eigenvalue weighted by Gasteiger charge is -1.98. The molecule has 1 saturated heterocycles. The molecule has 1 heteroatoms. The number of nitrogens with zero attached hydrogens (tertiary/aromatic N) is 1. The van der Waals surface area contributed by atoms with Crippen LogP contribution in [0.2, 0.25) is 0 Å². The molecule has 7 heavy (non-hydrogen) atoms. The van der Waals surface area contributed by atoms with Gasteiger partial charge in [0.15, 0.2) is 0 Å². The molecule has 3 unspecified atom stereocenters. The van der Waals surface area contributed by atoms with Crippen molar-refractivity contribution in [3.8, 4) is 0 Å². The second-order valence-electron chi connectivity index (χ2n) is 2.39. The Labute approximate surface area is 43.6 Å². The first-order valence-electron chi connectivity index (χ1n) is 2.82. The van der Waals surface area contributed by atoms with Crippen LogP contribution in [0.1, 0.15) is 6.92 Å². The van der Waals surface area contributed by atoms with Gasteiger partial charge in [0.2, 0.25) is 0 Å². The Morgan fingerprint density at radius 2 is 2.43 bits per heavy atom. The minimum atomic E-state index is 0.741. The van der Waals surface area contributed by atoms with Crippen LogP contribution in [0.3, 0.4) is 0 Å². The minimum absolute atomic E-state index is 0.741. The lowest BCUT2D eigenvalue weighted by atomic mass is 10.3. The van der Waals surface area contributed by atoms with Crippen molar-refractivity contribution in [1.29, 1.82) is 0 Å². The van der Waals surface area contributed by atoms with E-state index in [0.29, 0.717) is 0 Å². The largest absolute Gasteiger partial charge is 0.288 e. The van der Waals surface area contributed by atoms with Gasteiger partial charge in [-0.05, 0) is 6.92 Å². The Hall–Kier alpha value is -0.300. The van der Waals surface area contributed by atoms with Crippen LogP contribution in [-0.4, -0.2) is 23.5 Å². The molecule has 3 atom stereocenters. The van der Waals surface area contributed by atoms with Crippen LogP contribution in [0, 0.1) is 0 Å². The van der Waals surface area contributed by atoms with Crippen molar-refractivity contribution in [2.75, 3.05) is 6.54 Å². The molecule has 0 aromatic rings. The fourth-order valence-corrected chi connectivity index (χ4v) is 1.21. The summed E-state index contributed by atoms with van der Waals surface area (Å²) in [6.45, 7) is 3.56. The monoisotopic (exact) mass is 95.1 g/mol. The topological polar surface area (TPSA) is 3.01 Å². The second-order valence-corrected chi connectivity index (χ2v) is 2.39. The standard InChI is InChI=1S/C6H9N/c1-5-2-3-6-4-7(5)6/h2-3,5-6H,4H2,1H3. The number of fused-ring (bicyclic) bond motifs is 1. The molecule has 1 nitrogen and oxygen atoms in total. The quantitative estimate of drug-likeness (QED) is 0.315. The van der Waals surface area contributed by atoms with Crippen LogP contribution in [-0.2, 0) is 0 Å². The Kier molecular flexibility index (Phi) is 0.482. The van der Waals surface area contributed by atoms with Crippen molar-refractivity contribution in [3.63, 3.8) is 0 Å². The van der Waals surface area contributed by atoms with E-state index in [1.165, 1.54) is 6.54 Å². The Morgan fingerprint density at radius 1 is 1.57 bits per heavy atom. The normalized spacial score (nSPS) is 54.7. The summed E-state index contributed by atoms with van der Waals surface area (Å²) in [4.78, 5) is 2.46. The van der Waals surface area contributed by atoms with Crippen molar-refractivity contribution in [3.05, 3.63) is 12.2 Å². The van der Waals surface area contributed by atoms with Gasteiger partial charge in [0.1, 0.15) is 0 Å². The Morgan fingerprint density at radius 3 is 2.57 bits per heavy atom. The van der Waals surface area contributed by atoms with E-state index in [1.807, 2.05) is 0 Å². The van der Waals surface area contributed by atoms with Gasteiger partial charge in [-0.3, -0.25) is 4.90 Å². The molecule has 2 aliphatic heterocycles. The van der Waals surface area contributed by atoms with Crippen molar-refractivity contribution in [2.24, 2.45) is 0 Å². The van der Waals surface area contributed by atoms with Gasteiger partial charge >= 0.3 is 0 Å². The molecular weight excluding hydrogens is 86.1 g/mol. The first kappa shape index (κ1) is 3.67. The summed E-state index contributed by atoms with van der Waals surface area (Å²) in [6.07, 6.45) is 4.57. The third-order valence-electron chi connectivity index (χ3n) is 1.83. The first-order chi connectivity index (χ1) is 3.38. The highest BCUT2D eigenvalue weighted by atomic mass is 15.3. The van der Waals surface area contributed by atoms with E-state index in [9.17, 15) is 0 Å². The van der Waals surface area contributed by atoms with Gasteiger partial charge in [-0.1, -0.05) is 12.2 Å². The zero-order chi connectivity index (χ0) is 4.85. The molecule has 2 rings (SSSR count). The van der Waals surface area contributed by atoms with E-state index < -0.39 is 0 Å². The van der Waals surface area contributed by atoms with Crippen molar-refractivity contribution in [1.82, 2.24) is 4.90 Å². The third kappa shape index (κ3) is 0.361. The van der Waals surface area contributed by atoms with E-state index in [4.69, 9.17) is 0 Å². The molecule has 0 amide bonds. The molecule has 0 aliphatic carbocycles. The van der Waals surface area contributed by atoms with Gasteiger partial charge in [-0.15, -0.1) is 0 Å². The molecule has 1 fully saturated rings. The summed E-state index contributed by atoms with van der Waals surface area (Å²) in [5.74, 6) is 0. The average Bonchev–Trinajstić information content (AvgIpc) is 2.33. The fourth-order valence-electron chi connectivity index (χ4n) is 1.21. The van der Waals surface area contributed by atoms with Gasteiger partial charge in [-0.2, -0.15) is 0 Å². The molecular formula is C6H9N. The summed E-state index contributed by atoms with van der Waals surface area (Å²) >= 11 is 0. The lowest BCUT2D eigenvalue weighted by Crippen LogP contribution is -2.06. The smallest absolute Gasteiger partial charge is 0.0413 e. The lowest BCUT2D eigenvalue weighted by molar-refractivity contribution is 0.500. The molecule has 0 aromatic carbocycles. The molecule has 0 bridgehead atoms. The average molecular weight is 95.1 g/mol. The van der Waals surface area contributed by atoms with Crippen molar-refractivity contribution < 1.29 is 0 Å². The third-order valence-corrected chi connectivity index (χ3v) is 1.83. The van der Waals surface area contributed by atoms with Crippen molar-refractivity contribution >= 4 is 0 Å². The number of hydrogen-bond acceptors (Lipinski definition) is 1. The molecule has 38 valence electrons. The van der Waals surface area contributed by atoms with E-state index in [-0.39, 0.29) is 0 Å². The maximum atomic E-state index is 2.46. The van der Waals surface area contributed by atoms with Crippen LogP contribution in [0.25, 0.3) is 0 Å². The van der Waals surface area contributed by atoms with Crippen LogP contribution in [0.5, 0.6) is 0 Å². The van der Waals surface area contributed by atoms with E-state index >= 15 is 0 Å². The maximum absolute atomic E-state index is 2.46. The predicted octanol–water partition coefficient (Wildman–Crippen LogP) is 0.629. The number of hydrogen-bond donors (Lipinski definition) is 0. The summed E-state index contributed by atoms with van der Waals surface area (Å²) in [5.41, 5.74) is 0. The highest BCUT2D eigenvalue weighted by Crippen LogP contribution is 2.28. The SMILES string of the molecule is CC1C=CC2CN12. The summed E-state index contributed by atoms with van der Waals surface area (Å²) in [5, 5.41) is 0. The van der Waals surface area contributed by atoms with E-state index in [1.54, 1.807) is 0 Å². The highest BCUT2D eigenvalue weighted by molar-refractivity contribution is 5.18. The van der Waals surface area contributed by atoms with Crippen LogP contribution < -0.4 is 0 Å². The predicted molar refractivity (Wildman–Crippen MR) is 29.1 cm³/mol. The van der Waals surface area contributed by atoms with Gasteiger partial charge in [0.05, 0.1) is 0 Å². The highest BCUT2D eigenvalue weighted by Gasteiger charge is 2.38. The molecule has 0 radical (unpaired) electrons. The summed E-state index contributed by atoms with van der Waals surface area (Å²) in [7, 11) is 0. The Bertz CT molecular complexity index is 117. The molecule has 2 aliphatic rings. The second kappa shape index (κ2) is 0.920. The van der Waals surface area contributed by atoms with E-state index in [0.717, 1.165) is 12.1 Å². The molecule has 0 N–H and O–H groups in total. The van der Waals surface area contributed by atoms with Crippen LogP contribution >= 0.6 is 0 Å². The first-order valence-corrected chi connectivity index (χ1v) is 2.82. The maximum Gasteiger partial charge on any atom is 0.0413 e. The molecule has 0 aromatic heterocycles. The minimum Gasteiger partial charge on any atom is -0.288 e. The van der Waals surface area contributed by atoms with Crippen LogP contribution in [0.4, 0.5) is 0 Å². The van der Waals surface area contributed by atoms with Gasteiger partial charge in [0.25, 0.3) is 0 Å². The van der Waals surface area contributed by atoms with Gasteiger partial charge in [0, 0.05) is 18.6 Å². The molecule has 0 saturated carbocycles.